The van der Waals surface area contributed by atoms with E-state index in [0.29, 0.717) is 20.9 Å². The molecule has 4 aromatic rings. The van der Waals surface area contributed by atoms with Gasteiger partial charge in [0.25, 0.3) is 5.56 Å². The lowest BCUT2D eigenvalue weighted by Crippen LogP contribution is -2.27. The van der Waals surface area contributed by atoms with Gasteiger partial charge in [0, 0.05) is 10.9 Å². The first kappa shape index (κ1) is 19.4. The van der Waals surface area contributed by atoms with Crippen molar-refractivity contribution in [2.45, 2.75) is 20.4 Å². The van der Waals surface area contributed by atoms with E-state index < -0.39 is 0 Å². The van der Waals surface area contributed by atoms with Crippen LogP contribution in [-0.4, -0.2) is 15.5 Å². The molecule has 0 atom stereocenters. The molecule has 1 amide bonds. The molecule has 0 fully saturated rings. The maximum absolute atomic E-state index is 12.9. The Balaban J connectivity index is 1.60. The number of thiophene rings is 1. The van der Waals surface area contributed by atoms with Crippen molar-refractivity contribution in [3.05, 3.63) is 80.7 Å². The molecule has 146 valence electrons. The molecule has 0 saturated carbocycles. The van der Waals surface area contributed by atoms with Crippen molar-refractivity contribution in [3.8, 4) is 11.1 Å². The number of anilines is 1. The van der Waals surface area contributed by atoms with Crippen molar-refractivity contribution in [2.24, 2.45) is 0 Å². The Morgan fingerprint density at radius 2 is 1.86 bits per heavy atom. The van der Waals surface area contributed by atoms with Gasteiger partial charge in [-0.3, -0.25) is 14.2 Å². The number of hydrogen-bond acceptors (Lipinski definition) is 4. The summed E-state index contributed by atoms with van der Waals surface area (Å²) >= 11 is 7.50. The predicted octanol–water partition coefficient (Wildman–Crippen LogP) is 5.03. The second-order valence-corrected chi connectivity index (χ2v) is 8.19. The average Bonchev–Trinajstić information content (AvgIpc) is 3.12. The minimum absolute atomic E-state index is 0.135. The molecule has 0 bridgehead atoms. The van der Waals surface area contributed by atoms with Crippen LogP contribution in [0.25, 0.3) is 21.3 Å². The zero-order valence-corrected chi connectivity index (χ0v) is 17.5. The molecule has 0 spiro atoms. The minimum atomic E-state index is -0.339. The van der Waals surface area contributed by atoms with E-state index in [1.54, 1.807) is 12.1 Å². The smallest absolute Gasteiger partial charge is 0.271 e. The summed E-state index contributed by atoms with van der Waals surface area (Å²) in [4.78, 5) is 29.7. The Morgan fingerprint density at radius 3 is 2.59 bits per heavy atom. The van der Waals surface area contributed by atoms with E-state index in [0.717, 1.165) is 16.7 Å². The first-order valence-corrected chi connectivity index (χ1v) is 10.3. The van der Waals surface area contributed by atoms with E-state index in [1.807, 2.05) is 49.6 Å². The number of halogens is 1. The summed E-state index contributed by atoms with van der Waals surface area (Å²) in [7, 11) is 0. The van der Waals surface area contributed by atoms with Crippen LogP contribution in [0, 0.1) is 13.8 Å². The molecule has 2 heterocycles. The van der Waals surface area contributed by atoms with Crippen LogP contribution >= 0.6 is 22.9 Å². The number of carbonyl (C=O) groups excluding carboxylic acids is 1. The Kier molecular flexibility index (Phi) is 5.22. The van der Waals surface area contributed by atoms with Gasteiger partial charge in [-0.05, 0) is 37.1 Å². The molecule has 0 saturated heterocycles. The molecule has 2 aromatic heterocycles. The summed E-state index contributed by atoms with van der Waals surface area (Å²) in [5.41, 5.74) is 5.04. The van der Waals surface area contributed by atoms with Crippen molar-refractivity contribution in [1.29, 1.82) is 0 Å². The zero-order valence-electron chi connectivity index (χ0n) is 15.9. The molecule has 2 aromatic carbocycles. The van der Waals surface area contributed by atoms with Crippen LogP contribution in [0.2, 0.25) is 5.02 Å². The third kappa shape index (κ3) is 3.95. The summed E-state index contributed by atoms with van der Waals surface area (Å²) in [5, 5.41) is 5.13. The van der Waals surface area contributed by atoms with Crippen LogP contribution in [0.15, 0.2) is 59.0 Å². The SMILES string of the molecule is Cc1ccc(-c2csc3c(=O)n(CC(=O)Nc4ccc(C)cc4Cl)cnc23)cc1. The number of aromatic nitrogens is 2. The van der Waals surface area contributed by atoms with E-state index >= 15 is 0 Å². The monoisotopic (exact) mass is 423 g/mol. The summed E-state index contributed by atoms with van der Waals surface area (Å²) in [6.45, 7) is 3.81. The largest absolute Gasteiger partial charge is 0.323 e. The fraction of sp³-hybridized carbons (Fsp3) is 0.136. The highest BCUT2D eigenvalue weighted by molar-refractivity contribution is 7.17. The highest BCUT2D eigenvalue weighted by atomic mass is 35.5. The predicted molar refractivity (Wildman–Crippen MR) is 119 cm³/mol. The fourth-order valence-electron chi connectivity index (χ4n) is 3.06. The van der Waals surface area contributed by atoms with Crippen molar-refractivity contribution < 1.29 is 4.79 Å². The Bertz CT molecular complexity index is 1280. The molecule has 29 heavy (non-hydrogen) atoms. The van der Waals surface area contributed by atoms with Gasteiger partial charge in [0.05, 0.1) is 22.6 Å². The molecule has 5 nitrogen and oxygen atoms in total. The topological polar surface area (TPSA) is 64.0 Å². The van der Waals surface area contributed by atoms with Gasteiger partial charge in [0.2, 0.25) is 5.91 Å². The zero-order chi connectivity index (χ0) is 20.5. The summed E-state index contributed by atoms with van der Waals surface area (Å²) in [6, 6.07) is 13.5. The summed E-state index contributed by atoms with van der Waals surface area (Å²) in [5.74, 6) is -0.339. The number of nitrogens with one attached hydrogen (secondary N) is 1. The summed E-state index contributed by atoms with van der Waals surface area (Å²) in [6.07, 6.45) is 1.42. The Morgan fingerprint density at radius 1 is 1.14 bits per heavy atom. The number of nitrogens with zero attached hydrogens (tertiary/aromatic N) is 2. The molecule has 0 aliphatic rings. The van der Waals surface area contributed by atoms with Gasteiger partial charge in [-0.1, -0.05) is 47.5 Å². The Labute approximate surface area is 176 Å². The van der Waals surface area contributed by atoms with Gasteiger partial charge < -0.3 is 5.32 Å². The molecular formula is C22H18ClN3O2S. The van der Waals surface area contributed by atoms with Crippen molar-refractivity contribution in [1.82, 2.24) is 9.55 Å². The maximum Gasteiger partial charge on any atom is 0.271 e. The third-order valence-electron chi connectivity index (χ3n) is 4.62. The van der Waals surface area contributed by atoms with Crippen molar-refractivity contribution >= 4 is 44.7 Å². The van der Waals surface area contributed by atoms with Gasteiger partial charge in [-0.25, -0.2) is 4.98 Å². The number of aryl methyl sites for hydroxylation is 2. The molecule has 1 N–H and O–H groups in total. The fourth-order valence-corrected chi connectivity index (χ4v) is 4.32. The number of carbonyl (C=O) groups is 1. The number of rotatable bonds is 4. The maximum atomic E-state index is 12.9. The second kappa shape index (κ2) is 7.81. The molecule has 7 heteroatoms. The molecule has 0 aliphatic carbocycles. The first-order chi connectivity index (χ1) is 13.9. The minimum Gasteiger partial charge on any atom is -0.323 e. The van der Waals surface area contributed by atoms with Crippen molar-refractivity contribution in [3.63, 3.8) is 0 Å². The molecular weight excluding hydrogens is 406 g/mol. The van der Waals surface area contributed by atoms with Crippen LogP contribution in [0.4, 0.5) is 5.69 Å². The van der Waals surface area contributed by atoms with Gasteiger partial charge >= 0.3 is 0 Å². The normalized spacial score (nSPS) is 11.0. The molecule has 0 aliphatic heterocycles. The first-order valence-electron chi connectivity index (χ1n) is 9.02. The molecule has 0 unspecified atom stereocenters. The molecule has 0 radical (unpaired) electrons. The quantitative estimate of drug-likeness (QED) is 0.500. The lowest BCUT2D eigenvalue weighted by molar-refractivity contribution is -0.116. The summed E-state index contributed by atoms with van der Waals surface area (Å²) < 4.78 is 1.85. The number of benzene rings is 2. The van der Waals surface area contributed by atoms with E-state index in [2.05, 4.69) is 10.3 Å². The van der Waals surface area contributed by atoms with Gasteiger partial charge in [0.1, 0.15) is 11.2 Å². The highest BCUT2D eigenvalue weighted by Gasteiger charge is 2.14. The van der Waals surface area contributed by atoms with Gasteiger partial charge in [0.15, 0.2) is 0 Å². The molecule has 4 rings (SSSR count). The van der Waals surface area contributed by atoms with E-state index in [4.69, 9.17) is 11.6 Å². The van der Waals surface area contributed by atoms with Crippen LogP contribution in [0.3, 0.4) is 0 Å². The van der Waals surface area contributed by atoms with E-state index in [9.17, 15) is 9.59 Å². The lowest BCUT2D eigenvalue weighted by Gasteiger charge is -2.09. The van der Waals surface area contributed by atoms with E-state index in [-0.39, 0.29) is 18.0 Å². The van der Waals surface area contributed by atoms with Crippen LogP contribution in [-0.2, 0) is 11.3 Å². The van der Waals surface area contributed by atoms with Crippen molar-refractivity contribution in [2.75, 3.05) is 5.32 Å². The average molecular weight is 424 g/mol. The number of amides is 1. The highest BCUT2D eigenvalue weighted by Crippen LogP contribution is 2.30. The van der Waals surface area contributed by atoms with Gasteiger partial charge in [-0.15, -0.1) is 11.3 Å². The Hall–Kier alpha value is -2.96. The lowest BCUT2D eigenvalue weighted by atomic mass is 10.1. The van der Waals surface area contributed by atoms with E-state index in [1.165, 1.54) is 27.8 Å². The number of fused-ring (bicyclic) bond motifs is 1. The van der Waals surface area contributed by atoms with Crippen LogP contribution < -0.4 is 10.9 Å². The van der Waals surface area contributed by atoms with Gasteiger partial charge in [-0.2, -0.15) is 0 Å². The standard InChI is InChI=1S/C22H18ClN3O2S/c1-13-3-6-15(7-4-13)16-11-29-21-20(16)24-12-26(22(21)28)10-19(27)25-18-8-5-14(2)9-17(18)23/h3-9,11-12H,10H2,1-2H3,(H,25,27). The second-order valence-electron chi connectivity index (χ2n) is 6.90. The number of hydrogen-bond donors (Lipinski definition) is 1. The van der Waals surface area contributed by atoms with Crippen LogP contribution in [0.1, 0.15) is 11.1 Å². The van der Waals surface area contributed by atoms with Crippen LogP contribution in [0.5, 0.6) is 0 Å². The third-order valence-corrected chi connectivity index (χ3v) is 5.89.